The number of hydrogen-bond donors (Lipinski definition) is 1. The van der Waals surface area contributed by atoms with Crippen LogP contribution in [0.4, 0.5) is 10.5 Å². The van der Waals surface area contributed by atoms with Crippen LogP contribution in [0.25, 0.3) is 0 Å². The van der Waals surface area contributed by atoms with Crippen LogP contribution in [0.15, 0.2) is 18.2 Å². The fraction of sp³-hybridized carbons (Fsp3) is 0.467. The smallest absolute Gasteiger partial charge is 0.414 e. The van der Waals surface area contributed by atoms with Crippen molar-refractivity contribution in [3.05, 3.63) is 23.8 Å². The molecular weight excluding hydrogens is 272 g/mol. The molecule has 0 aliphatic carbocycles. The van der Waals surface area contributed by atoms with Crippen LogP contribution in [0.2, 0.25) is 0 Å². The molecule has 1 aromatic rings. The third-order valence-corrected chi connectivity index (χ3v) is 2.58. The van der Waals surface area contributed by atoms with Gasteiger partial charge in [0.2, 0.25) is 0 Å². The van der Waals surface area contributed by atoms with E-state index >= 15 is 0 Å². The van der Waals surface area contributed by atoms with Gasteiger partial charge in [0.05, 0.1) is 0 Å². The van der Waals surface area contributed by atoms with Crippen molar-refractivity contribution in [2.24, 2.45) is 5.73 Å². The zero-order chi connectivity index (χ0) is 16.2. The molecule has 0 heterocycles. The fourth-order valence-electron chi connectivity index (χ4n) is 1.68. The summed E-state index contributed by atoms with van der Waals surface area (Å²) in [5.41, 5.74) is 6.00. The highest BCUT2D eigenvalue weighted by atomic mass is 16.6. The molecule has 0 aliphatic heterocycles. The highest BCUT2D eigenvalue weighted by Gasteiger charge is 2.21. The molecule has 21 heavy (non-hydrogen) atoms. The summed E-state index contributed by atoms with van der Waals surface area (Å²) in [6, 6.07) is 5.14. The third kappa shape index (κ3) is 5.33. The van der Waals surface area contributed by atoms with Crippen molar-refractivity contribution in [2.45, 2.75) is 33.3 Å². The number of carbonyl (C=O) groups excluding carboxylic acids is 2. The zero-order valence-corrected chi connectivity index (χ0v) is 13.1. The Morgan fingerprint density at radius 2 is 1.90 bits per heavy atom. The molecule has 6 heteroatoms. The van der Waals surface area contributed by atoms with Crippen molar-refractivity contribution in [1.82, 2.24) is 0 Å². The Bertz CT molecular complexity index is 535. The van der Waals surface area contributed by atoms with Gasteiger partial charge in [0.15, 0.2) is 6.61 Å². The number of benzene rings is 1. The first kappa shape index (κ1) is 16.8. The second kappa shape index (κ2) is 6.47. The summed E-state index contributed by atoms with van der Waals surface area (Å²) in [4.78, 5) is 24.1. The van der Waals surface area contributed by atoms with E-state index in [-0.39, 0.29) is 6.61 Å². The summed E-state index contributed by atoms with van der Waals surface area (Å²) in [6.45, 7) is 7.10. The van der Waals surface area contributed by atoms with Crippen LogP contribution < -0.4 is 15.4 Å². The summed E-state index contributed by atoms with van der Waals surface area (Å²) >= 11 is 0. The number of anilines is 1. The number of rotatable bonds is 4. The van der Waals surface area contributed by atoms with E-state index in [4.69, 9.17) is 15.2 Å². The van der Waals surface area contributed by atoms with Gasteiger partial charge in [-0.05, 0) is 51.5 Å². The van der Waals surface area contributed by atoms with Crippen LogP contribution in [0.1, 0.15) is 26.3 Å². The van der Waals surface area contributed by atoms with Crippen molar-refractivity contribution < 1.29 is 19.1 Å². The van der Waals surface area contributed by atoms with Crippen LogP contribution in [0.3, 0.4) is 0 Å². The quantitative estimate of drug-likeness (QED) is 0.923. The first-order chi connectivity index (χ1) is 9.60. The molecule has 1 aromatic carbocycles. The summed E-state index contributed by atoms with van der Waals surface area (Å²) in [6.07, 6.45) is -0.434. The van der Waals surface area contributed by atoms with Gasteiger partial charge in [0.25, 0.3) is 5.91 Å². The van der Waals surface area contributed by atoms with Crippen LogP contribution in [-0.4, -0.2) is 31.3 Å². The van der Waals surface area contributed by atoms with Crippen molar-refractivity contribution in [1.29, 1.82) is 0 Å². The number of nitrogens with two attached hydrogens (primary N) is 1. The molecular formula is C15H22N2O4. The summed E-state index contributed by atoms with van der Waals surface area (Å²) in [5.74, 6) is -0.0183. The van der Waals surface area contributed by atoms with Crippen molar-refractivity contribution in [3.63, 3.8) is 0 Å². The second-order valence-corrected chi connectivity index (χ2v) is 5.74. The number of ether oxygens (including phenoxy) is 2. The largest absolute Gasteiger partial charge is 0.484 e. The molecule has 1 rings (SSSR count). The van der Waals surface area contributed by atoms with Crippen LogP contribution >= 0.6 is 0 Å². The number of primary amides is 1. The van der Waals surface area contributed by atoms with Gasteiger partial charge in [-0.3, -0.25) is 9.69 Å². The topological polar surface area (TPSA) is 81.9 Å². The van der Waals surface area contributed by atoms with Gasteiger partial charge in [0.1, 0.15) is 11.4 Å². The molecule has 116 valence electrons. The van der Waals surface area contributed by atoms with E-state index in [0.717, 1.165) is 5.56 Å². The standard InChI is InChI=1S/C15H22N2O4/c1-10-8-11(20-9-13(16)18)6-7-12(10)17(5)14(19)21-15(2,3)4/h6-8H,9H2,1-5H3,(H2,16,18). The predicted octanol–water partition coefficient (Wildman–Crippen LogP) is 2.23. The number of nitrogens with zero attached hydrogens (tertiary/aromatic N) is 1. The highest BCUT2D eigenvalue weighted by Crippen LogP contribution is 2.25. The zero-order valence-electron chi connectivity index (χ0n) is 13.1. The number of aryl methyl sites for hydroxylation is 1. The summed E-state index contributed by atoms with van der Waals surface area (Å²) < 4.78 is 10.5. The number of amides is 2. The van der Waals surface area contributed by atoms with Crippen LogP contribution in [-0.2, 0) is 9.53 Å². The van der Waals surface area contributed by atoms with Crippen molar-refractivity contribution in [3.8, 4) is 5.75 Å². The molecule has 2 N–H and O–H groups in total. The lowest BCUT2D eigenvalue weighted by atomic mass is 10.1. The minimum Gasteiger partial charge on any atom is -0.484 e. The van der Waals surface area contributed by atoms with E-state index in [1.165, 1.54) is 4.90 Å². The van der Waals surface area contributed by atoms with Crippen molar-refractivity contribution in [2.75, 3.05) is 18.6 Å². The highest BCUT2D eigenvalue weighted by molar-refractivity contribution is 5.88. The van der Waals surface area contributed by atoms with Gasteiger partial charge in [-0.15, -0.1) is 0 Å². The number of hydrogen-bond acceptors (Lipinski definition) is 4. The fourth-order valence-corrected chi connectivity index (χ4v) is 1.68. The molecule has 0 bridgehead atoms. The lowest BCUT2D eigenvalue weighted by molar-refractivity contribution is -0.119. The van der Waals surface area contributed by atoms with Crippen LogP contribution in [0, 0.1) is 6.92 Å². The first-order valence-electron chi connectivity index (χ1n) is 6.58. The first-order valence-corrected chi connectivity index (χ1v) is 6.58. The molecule has 0 saturated heterocycles. The average molecular weight is 294 g/mol. The van der Waals surface area contributed by atoms with Gasteiger partial charge in [-0.25, -0.2) is 4.79 Å². The Hall–Kier alpha value is -2.24. The Kier molecular flexibility index (Phi) is 5.18. The SMILES string of the molecule is Cc1cc(OCC(N)=O)ccc1N(C)C(=O)OC(C)(C)C. The lowest BCUT2D eigenvalue weighted by Gasteiger charge is -2.25. The van der Waals surface area contributed by atoms with E-state index in [9.17, 15) is 9.59 Å². The minimum atomic E-state index is -0.552. The van der Waals surface area contributed by atoms with E-state index in [1.807, 2.05) is 27.7 Å². The maximum Gasteiger partial charge on any atom is 0.414 e. The molecule has 6 nitrogen and oxygen atoms in total. The minimum absolute atomic E-state index is 0.180. The van der Waals surface area contributed by atoms with Gasteiger partial charge in [-0.1, -0.05) is 0 Å². The van der Waals surface area contributed by atoms with Crippen LogP contribution in [0.5, 0.6) is 5.75 Å². The third-order valence-electron chi connectivity index (χ3n) is 2.58. The molecule has 0 radical (unpaired) electrons. The Morgan fingerprint density at radius 1 is 1.29 bits per heavy atom. The normalized spacial score (nSPS) is 10.9. The Balaban J connectivity index is 2.84. The van der Waals surface area contributed by atoms with Gasteiger partial charge >= 0.3 is 6.09 Å². The maximum atomic E-state index is 12.0. The molecule has 0 atom stereocenters. The van der Waals surface area contributed by atoms with E-state index in [2.05, 4.69) is 0 Å². The molecule has 0 unspecified atom stereocenters. The average Bonchev–Trinajstić information content (AvgIpc) is 2.33. The monoisotopic (exact) mass is 294 g/mol. The van der Waals surface area contributed by atoms with Gasteiger partial charge in [0, 0.05) is 12.7 Å². The maximum absolute atomic E-state index is 12.0. The number of carbonyl (C=O) groups is 2. The van der Waals surface area contributed by atoms with E-state index < -0.39 is 17.6 Å². The molecule has 0 spiro atoms. The predicted molar refractivity (Wildman–Crippen MR) is 80.5 cm³/mol. The Morgan fingerprint density at radius 3 is 2.38 bits per heavy atom. The summed E-state index contributed by atoms with van der Waals surface area (Å²) in [7, 11) is 1.64. The molecule has 0 aliphatic rings. The molecule has 0 fully saturated rings. The Labute approximate surface area is 124 Å². The lowest BCUT2D eigenvalue weighted by Crippen LogP contribution is -2.34. The molecule has 0 aromatic heterocycles. The molecule has 0 saturated carbocycles. The molecule has 2 amide bonds. The van der Waals surface area contributed by atoms with Crippen molar-refractivity contribution >= 4 is 17.7 Å². The second-order valence-electron chi connectivity index (χ2n) is 5.74. The van der Waals surface area contributed by atoms with Gasteiger partial charge < -0.3 is 15.2 Å². The van der Waals surface area contributed by atoms with E-state index in [0.29, 0.717) is 11.4 Å². The van der Waals surface area contributed by atoms with Gasteiger partial charge in [-0.2, -0.15) is 0 Å². The summed E-state index contributed by atoms with van der Waals surface area (Å²) in [5, 5.41) is 0. The van der Waals surface area contributed by atoms with E-state index in [1.54, 1.807) is 25.2 Å².